The van der Waals surface area contributed by atoms with Crippen LogP contribution in [0.4, 0.5) is 0 Å². The average Bonchev–Trinajstić information content (AvgIpc) is 3.40. The molecular formula is C30H35N5O10. The molecule has 45 heavy (non-hydrogen) atoms. The number of carbonyl (C=O) groups excluding carboxylic acids is 3. The number of nitrogens with two attached hydrogens (primary N) is 1. The molecule has 3 rings (SSSR count). The van der Waals surface area contributed by atoms with Gasteiger partial charge in [-0.1, -0.05) is 30.3 Å². The number of nitrogens with one attached hydrogen (secondary N) is 4. The molecule has 0 fully saturated rings. The third-order valence-corrected chi connectivity index (χ3v) is 7.00. The van der Waals surface area contributed by atoms with E-state index in [2.05, 4.69) is 20.9 Å². The van der Waals surface area contributed by atoms with Crippen molar-refractivity contribution in [2.45, 2.75) is 62.7 Å². The van der Waals surface area contributed by atoms with Gasteiger partial charge in [-0.15, -0.1) is 0 Å². The van der Waals surface area contributed by atoms with E-state index in [9.17, 15) is 49.2 Å². The summed E-state index contributed by atoms with van der Waals surface area (Å²) in [5, 5.41) is 45.4. The van der Waals surface area contributed by atoms with E-state index in [1.54, 1.807) is 6.20 Å². The van der Waals surface area contributed by atoms with Crippen molar-refractivity contribution in [1.82, 2.24) is 20.9 Å². The highest BCUT2D eigenvalue weighted by Gasteiger charge is 2.31. The van der Waals surface area contributed by atoms with E-state index in [-0.39, 0.29) is 25.0 Å². The van der Waals surface area contributed by atoms with Gasteiger partial charge in [0, 0.05) is 36.4 Å². The molecule has 0 radical (unpaired) electrons. The van der Waals surface area contributed by atoms with Crippen molar-refractivity contribution in [3.8, 4) is 5.75 Å². The van der Waals surface area contributed by atoms with Gasteiger partial charge < -0.3 is 47.1 Å². The van der Waals surface area contributed by atoms with Crippen LogP contribution in [-0.2, 0) is 41.6 Å². The van der Waals surface area contributed by atoms with Crippen LogP contribution in [-0.4, -0.2) is 85.2 Å². The number of aromatic hydroxyl groups is 1. The van der Waals surface area contributed by atoms with E-state index in [4.69, 9.17) is 5.73 Å². The minimum absolute atomic E-state index is 0.0467. The Morgan fingerprint density at radius 1 is 0.711 bits per heavy atom. The van der Waals surface area contributed by atoms with Crippen LogP contribution in [0.2, 0.25) is 0 Å². The molecule has 1 aromatic heterocycles. The van der Waals surface area contributed by atoms with Crippen molar-refractivity contribution in [3.05, 3.63) is 65.9 Å². The molecule has 1 heterocycles. The number of phenolic OH excluding ortho intramolecular Hbond substituents is 1. The van der Waals surface area contributed by atoms with Crippen molar-refractivity contribution in [1.29, 1.82) is 0 Å². The summed E-state index contributed by atoms with van der Waals surface area (Å²) in [7, 11) is 0. The molecule has 4 unspecified atom stereocenters. The second kappa shape index (κ2) is 15.9. The number of aliphatic carboxylic acids is 3. The van der Waals surface area contributed by atoms with Crippen molar-refractivity contribution in [3.63, 3.8) is 0 Å². The van der Waals surface area contributed by atoms with Gasteiger partial charge in [0.05, 0.1) is 6.04 Å². The maximum atomic E-state index is 13.3. The molecule has 2 aromatic carbocycles. The lowest BCUT2D eigenvalue weighted by Gasteiger charge is -2.25. The van der Waals surface area contributed by atoms with E-state index < -0.39 is 79.1 Å². The molecule has 0 spiro atoms. The van der Waals surface area contributed by atoms with E-state index in [0.717, 1.165) is 16.5 Å². The summed E-state index contributed by atoms with van der Waals surface area (Å²) in [6, 6.07) is 7.32. The summed E-state index contributed by atoms with van der Waals surface area (Å²) in [5.41, 5.74) is 8.15. The zero-order valence-electron chi connectivity index (χ0n) is 24.1. The Bertz CT molecular complexity index is 1540. The number of para-hydroxylation sites is 1. The topological polar surface area (TPSA) is 261 Å². The Morgan fingerprint density at radius 3 is 1.80 bits per heavy atom. The minimum Gasteiger partial charge on any atom is -0.508 e. The van der Waals surface area contributed by atoms with Crippen LogP contribution < -0.4 is 21.7 Å². The first-order valence-electron chi connectivity index (χ1n) is 14.0. The molecule has 10 N–H and O–H groups in total. The standard InChI is InChI=1S/C30H35N5O10/c31-20(14-17-15-32-21-4-2-1-3-19(17)21)27(41)33-22(9-11-25(37)38)28(42)34-23(10-12-26(39)40)29(43)35-24(30(44)45)13-16-5-7-18(36)8-6-16/h1-8,15,20,22-24,32,36H,9-14,31H2,(H,33,41)(H,34,42)(H,35,43)(H,37,38)(H,39,40)(H,44,45). The predicted octanol–water partition coefficient (Wildman–Crippen LogP) is 0.255. The molecule has 0 saturated heterocycles. The number of rotatable bonds is 17. The van der Waals surface area contributed by atoms with Crippen molar-refractivity contribution in [2.75, 3.05) is 0 Å². The molecule has 3 amide bonds. The highest BCUT2D eigenvalue weighted by molar-refractivity contribution is 5.95. The molecule has 15 heteroatoms. The Kier molecular flexibility index (Phi) is 12.0. The molecule has 4 atom stereocenters. The number of amides is 3. The quantitative estimate of drug-likeness (QED) is 0.0982. The van der Waals surface area contributed by atoms with Gasteiger partial charge in [0.15, 0.2) is 0 Å². The first kappa shape index (κ1) is 34.1. The fourth-order valence-electron chi connectivity index (χ4n) is 4.59. The van der Waals surface area contributed by atoms with Crippen LogP contribution in [0, 0.1) is 0 Å². The molecule has 0 bridgehead atoms. The number of aromatic nitrogens is 1. The summed E-state index contributed by atoms with van der Waals surface area (Å²) in [6.45, 7) is 0. The highest BCUT2D eigenvalue weighted by Crippen LogP contribution is 2.19. The molecular weight excluding hydrogens is 590 g/mol. The SMILES string of the molecule is NC(Cc1c[nH]c2ccccc12)C(=O)NC(CCC(=O)O)C(=O)NC(CCC(=O)O)C(=O)NC(Cc1ccc(O)cc1)C(=O)O. The number of H-pyrrole nitrogens is 1. The lowest BCUT2D eigenvalue weighted by molar-refractivity contribution is -0.143. The van der Waals surface area contributed by atoms with E-state index >= 15 is 0 Å². The fourth-order valence-corrected chi connectivity index (χ4v) is 4.59. The van der Waals surface area contributed by atoms with Crippen LogP contribution in [0.25, 0.3) is 10.9 Å². The first-order valence-corrected chi connectivity index (χ1v) is 14.0. The Labute approximate surface area is 256 Å². The summed E-state index contributed by atoms with van der Waals surface area (Å²) in [5.74, 6) is -6.76. The van der Waals surface area contributed by atoms with Crippen LogP contribution in [0.5, 0.6) is 5.75 Å². The Morgan fingerprint density at radius 2 is 1.24 bits per heavy atom. The van der Waals surface area contributed by atoms with E-state index in [1.165, 1.54) is 24.3 Å². The first-order chi connectivity index (χ1) is 21.3. The zero-order chi connectivity index (χ0) is 33.1. The zero-order valence-corrected chi connectivity index (χ0v) is 24.1. The van der Waals surface area contributed by atoms with Crippen LogP contribution >= 0.6 is 0 Å². The van der Waals surface area contributed by atoms with Gasteiger partial charge in [0.25, 0.3) is 0 Å². The lowest BCUT2D eigenvalue weighted by Crippen LogP contribution is -2.57. The molecule has 0 aliphatic heterocycles. The Balaban J connectivity index is 1.73. The number of carboxylic acid groups (broad SMARTS) is 3. The van der Waals surface area contributed by atoms with Crippen LogP contribution in [0.3, 0.4) is 0 Å². The third kappa shape index (κ3) is 10.4. The van der Waals surface area contributed by atoms with Gasteiger partial charge in [-0.05, 0) is 48.6 Å². The van der Waals surface area contributed by atoms with Crippen molar-refractivity contribution in [2.24, 2.45) is 5.73 Å². The predicted molar refractivity (Wildman–Crippen MR) is 159 cm³/mol. The number of hydrogen-bond acceptors (Lipinski definition) is 8. The number of aromatic amines is 1. The van der Waals surface area contributed by atoms with Crippen molar-refractivity contribution >= 4 is 46.5 Å². The summed E-state index contributed by atoms with van der Waals surface area (Å²) in [6.07, 6.45) is -0.316. The number of hydrogen-bond donors (Lipinski definition) is 9. The van der Waals surface area contributed by atoms with E-state index in [1.807, 2.05) is 24.3 Å². The lowest BCUT2D eigenvalue weighted by atomic mass is 10.0. The van der Waals surface area contributed by atoms with Gasteiger partial charge in [-0.3, -0.25) is 24.0 Å². The molecule has 0 saturated carbocycles. The number of fused-ring (bicyclic) bond motifs is 1. The van der Waals surface area contributed by atoms with Crippen molar-refractivity contribution < 1.29 is 49.2 Å². The normalized spacial score (nSPS) is 13.6. The molecule has 0 aliphatic carbocycles. The van der Waals surface area contributed by atoms with Crippen LogP contribution in [0.1, 0.15) is 36.8 Å². The van der Waals surface area contributed by atoms with Gasteiger partial charge in [0.2, 0.25) is 17.7 Å². The smallest absolute Gasteiger partial charge is 0.326 e. The monoisotopic (exact) mass is 625 g/mol. The highest BCUT2D eigenvalue weighted by atomic mass is 16.4. The number of benzene rings is 2. The van der Waals surface area contributed by atoms with Gasteiger partial charge in [0.1, 0.15) is 23.9 Å². The van der Waals surface area contributed by atoms with E-state index in [0.29, 0.717) is 5.56 Å². The van der Waals surface area contributed by atoms with Gasteiger partial charge in [-0.25, -0.2) is 4.79 Å². The fraction of sp³-hybridized carbons (Fsp3) is 0.333. The largest absolute Gasteiger partial charge is 0.508 e. The molecule has 3 aromatic rings. The molecule has 15 nitrogen and oxygen atoms in total. The second-order valence-electron chi connectivity index (χ2n) is 10.4. The minimum atomic E-state index is -1.54. The Hall–Kier alpha value is -5.44. The third-order valence-electron chi connectivity index (χ3n) is 7.00. The number of phenols is 1. The molecule has 240 valence electrons. The van der Waals surface area contributed by atoms with Crippen LogP contribution in [0.15, 0.2) is 54.7 Å². The van der Waals surface area contributed by atoms with Gasteiger partial charge in [-0.2, -0.15) is 0 Å². The average molecular weight is 626 g/mol. The number of carbonyl (C=O) groups is 6. The second-order valence-corrected chi connectivity index (χ2v) is 10.4. The summed E-state index contributed by atoms with van der Waals surface area (Å²) < 4.78 is 0. The maximum absolute atomic E-state index is 13.3. The number of carboxylic acids is 3. The molecule has 0 aliphatic rings. The summed E-state index contributed by atoms with van der Waals surface area (Å²) in [4.78, 5) is 76.9. The maximum Gasteiger partial charge on any atom is 0.326 e. The van der Waals surface area contributed by atoms with Gasteiger partial charge >= 0.3 is 17.9 Å². The summed E-state index contributed by atoms with van der Waals surface area (Å²) >= 11 is 0.